The van der Waals surface area contributed by atoms with Crippen molar-refractivity contribution in [3.8, 4) is 11.8 Å². The van der Waals surface area contributed by atoms with E-state index < -0.39 is 0 Å². The van der Waals surface area contributed by atoms with Crippen LogP contribution in [0.5, 0.6) is 11.8 Å². The lowest BCUT2D eigenvalue weighted by Crippen LogP contribution is -3.05. The number of nitrogens with zero attached hydrogens (tertiary/aromatic N) is 7. The minimum absolute atomic E-state index is 0.208. The summed E-state index contributed by atoms with van der Waals surface area (Å²) in [5, 5.41) is 40.0. The second kappa shape index (κ2) is 16.7. The maximum absolute atomic E-state index is 13.1. The molecule has 0 atom stereocenters. The highest BCUT2D eigenvalue weighted by molar-refractivity contribution is 5.88. The Balaban J connectivity index is 1.44. The highest BCUT2D eigenvalue weighted by Crippen LogP contribution is 2.32. The minimum Gasteiger partial charge on any atom is -0.493 e. The first-order chi connectivity index (χ1) is 23.3. The smallest absolute Gasteiger partial charge is 0.347 e. The fourth-order valence-electron chi connectivity index (χ4n) is 5.11. The van der Waals surface area contributed by atoms with Gasteiger partial charge in [0.1, 0.15) is 17.1 Å². The van der Waals surface area contributed by atoms with Gasteiger partial charge in [-0.3, -0.25) is 18.7 Å². The number of aryl methyl sites for hydroxylation is 2. The van der Waals surface area contributed by atoms with Gasteiger partial charge in [-0.1, -0.05) is 6.07 Å². The van der Waals surface area contributed by atoms with E-state index in [0.29, 0.717) is 53.3 Å². The van der Waals surface area contributed by atoms with Crippen LogP contribution in [0.4, 0.5) is 28.4 Å². The van der Waals surface area contributed by atoms with Crippen LogP contribution in [0.25, 0.3) is 0 Å². The zero-order valence-corrected chi connectivity index (χ0v) is 28.8. The number of hydrogen-bond donors (Lipinski definition) is 4. The predicted octanol–water partition coefficient (Wildman–Crippen LogP) is 3.39. The van der Waals surface area contributed by atoms with Crippen LogP contribution in [-0.2, 0) is 13.1 Å². The number of aromatic nitrogens is 2. The molecule has 0 aliphatic rings. The SMILES string of the molecule is Cc1cc(=O)n(CCCN(C)C)c(O)c1N=Nc1cccc([NH2+]C(=O)c2ccc(N=Nc3c(C)cc(=O)n(CCC[NH+](C)C)c3O)cc2)c1. The van der Waals surface area contributed by atoms with E-state index in [9.17, 15) is 24.6 Å². The molecule has 0 spiro atoms. The standard InChI is InChI=1S/C35H43N9O5/c1-23-20-29(45)43(18-8-16-41(3)4)34(48)31(23)39-37-26-14-12-25(13-15-26)33(47)36-27-10-7-11-28(22-27)38-40-32-24(2)21-30(46)44(35(32)49)19-9-17-42(5)6/h7,10-15,20-22,48-49H,8-9,16-19H2,1-6H3,(H,36,47)/p+2. The molecule has 2 aromatic carbocycles. The molecule has 4 rings (SSSR count). The van der Waals surface area contributed by atoms with Crippen molar-refractivity contribution >= 4 is 34.3 Å². The number of carbonyl (C=O) groups excluding carboxylic acids is 1. The molecule has 2 aromatic heterocycles. The summed E-state index contributed by atoms with van der Waals surface area (Å²) in [5.74, 6) is -0.700. The molecule has 0 radical (unpaired) electrons. The van der Waals surface area contributed by atoms with E-state index in [1.165, 1.54) is 31.5 Å². The van der Waals surface area contributed by atoms with Crippen LogP contribution >= 0.6 is 0 Å². The molecule has 14 heteroatoms. The van der Waals surface area contributed by atoms with Crippen LogP contribution < -0.4 is 21.3 Å². The maximum Gasteiger partial charge on any atom is 0.347 e. The number of amides is 1. The number of primary amides is 1. The van der Waals surface area contributed by atoms with Crippen LogP contribution in [0.1, 0.15) is 34.3 Å². The van der Waals surface area contributed by atoms with E-state index in [4.69, 9.17) is 0 Å². The molecular formula is C35H45N9O5+2. The lowest BCUT2D eigenvalue weighted by atomic mass is 10.2. The third-order valence-corrected chi connectivity index (χ3v) is 7.79. The number of hydrogen-bond acceptors (Lipinski definition) is 10. The number of nitrogens with two attached hydrogens (primary N) is 1. The van der Waals surface area contributed by atoms with Gasteiger partial charge in [-0.05, 0) is 88.4 Å². The lowest BCUT2D eigenvalue weighted by molar-refractivity contribution is -0.858. The number of carbonyl (C=O) groups is 1. The van der Waals surface area contributed by atoms with Crippen LogP contribution in [0.3, 0.4) is 0 Å². The molecule has 0 saturated heterocycles. The average molecular weight is 672 g/mol. The van der Waals surface area contributed by atoms with Crippen LogP contribution in [-0.4, -0.2) is 71.4 Å². The van der Waals surface area contributed by atoms with E-state index in [1.54, 1.807) is 62.4 Å². The number of rotatable bonds is 14. The molecule has 14 nitrogen and oxygen atoms in total. The second-order valence-electron chi connectivity index (χ2n) is 12.5. The third kappa shape index (κ3) is 9.85. The van der Waals surface area contributed by atoms with Gasteiger partial charge in [0.15, 0.2) is 0 Å². The Morgan fingerprint density at radius 1 is 0.776 bits per heavy atom. The normalized spacial score (nSPS) is 11.8. The molecule has 0 bridgehead atoms. The molecule has 2 heterocycles. The maximum atomic E-state index is 13.1. The molecular weight excluding hydrogens is 626 g/mol. The average Bonchev–Trinajstić information content (AvgIpc) is 3.04. The number of azo groups is 2. The zero-order valence-electron chi connectivity index (χ0n) is 28.8. The molecule has 5 N–H and O–H groups in total. The number of quaternary nitrogens is 2. The second-order valence-corrected chi connectivity index (χ2v) is 12.5. The summed E-state index contributed by atoms with van der Waals surface area (Å²) in [6, 6.07) is 16.3. The summed E-state index contributed by atoms with van der Waals surface area (Å²) in [4.78, 5) is 41.3. The quantitative estimate of drug-likeness (QED) is 0.118. The van der Waals surface area contributed by atoms with E-state index in [-0.39, 0.29) is 40.2 Å². The van der Waals surface area contributed by atoms with Gasteiger partial charge in [-0.2, -0.15) is 10.2 Å². The molecule has 0 fully saturated rings. The summed E-state index contributed by atoms with van der Waals surface area (Å²) in [6.07, 6.45) is 1.40. The largest absolute Gasteiger partial charge is 0.493 e. The number of aromatic hydroxyl groups is 2. The van der Waals surface area contributed by atoms with Crippen molar-refractivity contribution in [2.24, 2.45) is 20.5 Å². The van der Waals surface area contributed by atoms with Crippen LogP contribution in [0.15, 0.2) is 90.7 Å². The Morgan fingerprint density at radius 2 is 1.33 bits per heavy atom. The van der Waals surface area contributed by atoms with Crippen molar-refractivity contribution in [3.63, 3.8) is 0 Å². The van der Waals surface area contributed by atoms with Gasteiger partial charge in [0.2, 0.25) is 11.8 Å². The zero-order chi connectivity index (χ0) is 35.7. The molecule has 49 heavy (non-hydrogen) atoms. The van der Waals surface area contributed by atoms with E-state index in [0.717, 1.165) is 19.5 Å². The van der Waals surface area contributed by atoms with Gasteiger partial charge >= 0.3 is 5.91 Å². The van der Waals surface area contributed by atoms with Gasteiger partial charge in [0.25, 0.3) is 11.1 Å². The summed E-state index contributed by atoms with van der Waals surface area (Å²) in [5.41, 5.74) is 2.81. The highest BCUT2D eigenvalue weighted by atomic mass is 16.3. The molecule has 0 saturated carbocycles. The Morgan fingerprint density at radius 3 is 1.88 bits per heavy atom. The fourth-order valence-corrected chi connectivity index (χ4v) is 5.11. The van der Waals surface area contributed by atoms with Gasteiger partial charge in [0.05, 0.1) is 37.6 Å². The van der Waals surface area contributed by atoms with Crippen LogP contribution in [0, 0.1) is 13.8 Å². The molecule has 1 amide bonds. The summed E-state index contributed by atoms with van der Waals surface area (Å²) in [6.45, 7) is 5.70. The lowest BCUT2D eigenvalue weighted by Gasteiger charge is -2.13. The van der Waals surface area contributed by atoms with Crippen LogP contribution in [0.2, 0.25) is 0 Å². The first kappa shape index (κ1) is 36.5. The fraction of sp³-hybridized carbons (Fsp3) is 0.343. The number of benzene rings is 2. The first-order valence-electron chi connectivity index (χ1n) is 16.1. The molecule has 4 aromatic rings. The predicted molar refractivity (Wildman–Crippen MR) is 187 cm³/mol. The Hall–Kier alpha value is -5.31. The van der Waals surface area contributed by atoms with Gasteiger partial charge in [0, 0.05) is 37.7 Å². The summed E-state index contributed by atoms with van der Waals surface area (Å²) < 4.78 is 2.60. The molecule has 258 valence electrons. The molecule has 0 unspecified atom stereocenters. The summed E-state index contributed by atoms with van der Waals surface area (Å²) >= 11 is 0. The highest BCUT2D eigenvalue weighted by Gasteiger charge is 2.16. The van der Waals surface area contributed by atoms with Gasteiger partial charge in [-0.25, -0.2) is 10.1 Å². The van der Waals surface area contributed by atoms with E-state index >= 15 is 0 Å². The summed E-state index contributed by atoms with van der Waals surface area (Å²) in [7, 11) is 7.93. The topological polar surface area (TPSA) is 175 Å². The van der Waals surface area contributed by atoms with Crippen molar-refractivity contribution in [2.45, 2.75) is 39.8 Å². The Kier molecular flexibility index (Phi) is 12.4. The van der Waals surface area contributed by atoms with Crippen molar-refractivity contribution < 1.29 is 25.2 Å². The number of pyridine rings is 2. The van der Waals surface area contributed by atoms with Crippen molar-refractivity contribution in [1.29, 1.82) is 0 Å². The van der Waals surface area contributed by atoms with Crippen molar-refractivity contribution in [2.75, 3.05) is 41.3 Å². The van der Waals surface area contributed by atoms with Gasteiger partial charge in [-0.15, -0.1) is 10.2 Å². The van der Waals surface area contributed by atoms with Crippen molar-refractivity contribution in [3.05, 3.63) is 98.1 Å². The van der Waals surface area contributed by atoms with Gasteiger partial charge < -0.3 is 20.0 Å². The van der Waals surface area contributed by atoms with E-state index in [2.05, 4.69) is 20.5 Å². The monoisotopic (exact) mass is 671 g/mol. The first-order valence-corrected chi connectivity index (χ1v) is 16.1. The van der Waals surface area contributed by atoms with E-state index in [1.807, 2.05) is 33.1 Å². The molecule has 0 aliphatic carbocycles. The van der Waals surface area contributed by atoms with Crippen molar-refractivity contribution in [1.82, 2.24) is 14.0 Å². The Labute approximate surface area is 284 Å². The number of nitrogens with one attached hydrogen (secondary N) is 1. The molecule has 0 aliphatic heterocycles. The Bertz CT molecular complexity index is 1960. The minimum atomic E-state index is -0.302. The third-order valence-electron chi connectivity index (χ3n) is 7.79.